The Morgan fingerprint density at radius 3 is 2.78 bits per heavy atom. The van der Waals surface area contributed by atoms with Gasteiger partial charge in [0.15, 0.2) is 0 Å². The Labute approximate surface area is 144 Å². The minimum Gasteiger partial charge on any atom is -0.266 e. The maximum atomic E-state index is 12.1. The molecule has 0 radical (unpaired) electrons. The Morgan fingerprint density at radius 1 is 1.22 bits per heavy atom. The monoisotopic (exact) mass is 344 g/mol. The van der Waals surface area contributed by atoms with Gasteiger partial charge in [-0.15, -0.1) is 11.3 Å². The molecule has 1 amide bonds. The Bertz CT molecular complexity index is 726. The summed E-state index contributed by atoms with van der Waals surface area (Å²) in [6.07, 6.45) is 7.83. The molecule has 0 spiro atoms. The summed E-state index contributed by atoms with van der Waals surface area (Å²) in [7, 11) is 0. The number of carbonyl (C=O) groups is 1. The normalized spacial score (nSPS) is 14.7. The number of thiophene rings is 1. The molecule has 1 aromatic carbocycles. The number of nitrogens with one attached hydrogen (secondary N) is 1. The van der Waals surface area contributed by atoms with E-state index >= 15 is 0 Å². The molecule has 5 heteroatoms. The van der Waals surface area contributed by atoms with Crippen LogP contribution in [-0.2, 0) is 12.8 Å². The Balaban J connectivity index is 1.60. The zero-order valence-electron chi connectivity index (χ0n) is 12.6. The van der Waals surface area contributed by atoms with Crippen molar-refractivity contribution in [1.82, 2.24) is 5.43 Å². The van der Waals surface area contributed by atoms with E-state index in [2.05, 4.69) is 10.5 Å². The van der Waals surface area contributed by atoms with E-state index in [-0.39, 0.29) is 5.91 Å². The highest BCUT2D eigenvalue weighted by Crippen LogP contribution is 2.29. The van der Waals surface area contributed by atoms with Crippen molar-refractivity contribution in [3.63, 3.8) is 0 Å². The number of hydrazone groups is 1. The van der Waals surface area contributed by atoms with Crippen LogP contribution < -0.4 is 5.43 Å². The van der Waals surface area contributed by atoms with E-state index in [1.807, 2.05) is 36.4 Å². The van der Waals surface area contributed by atoms with Crippen LogP contribution in [0.15, 0.2) is 46.5 Å². The lowest BCUT2D eigenvalue weighted by Gasteiger charge is -2.08. The van der Waals surface area contributed by atoms with Gasteiger partial charge in [-0.05, 0) is 49.0 Å². The minimum atomic E-state index is -0.176. The molecular formula is C18H17ClN2OS. The van der Waals surface area contributed by atoms with Gasteiger partial charge in [0, 0.05) is 4.88 Å². The first-order valence-electron chi connectivity index (χ1n) is 7.59. The zero-order valence-corrected chi connectivity index (χ0v) is 14.2. The van der Waals surface area contributed by atoms with Gasteiger partial charge in [0.2, 0.25) is 0 Å². The van der Waals surface area contributed by atoms with Gasteiger partial charge >= 0.3 is 0 Å². The van der Waals surface area contributed by atoms with E-state index in [0.29, 0.717) is 5.03 Å². The van der Waals surface area contributed by atoms with Crippen molar-refractivity contribution in [2.75, 3.05) is 0 Å². The SMILES string of the molecule is O=C(N/N=C/C(Cl)=C/c1ccccc1)c1cc2c(s1)CCCC2. The predicted octanol–water partition coefficient (Wildman–Crippen LogP) is 4.62. The molecule has 1 aliphatic rings. The summed E-state index contributed by atoms with van der Waals surface area (Å²) in [5.41, 5.74) is 4.84. The molecule has 118 valence electrons. The number of carbonyl (C=O) groups excluding carboxylic acids is 1. The molecule has 1 aromatic heterocycles. The van der Waals surface area contributed by atoms with Crippen molar-refractivity contribution in [1.29, 1.82) is 0 Å². The summed E-state index contributed by atoms with van der Waals surface area (Å²) in [4.78, 5) is 14.2. The minimum absolute atomic E-state index is 0.176. The second-order valence-electron chi connectivity index (χ2n) is 5.41. The first kappa shape index (κ1) is 16.0. The fourth-order valence-corrected chi connectivity index (χ4v) is 3.87. The van der Waals surface area contributed by atoms with Gasteiger partial charge < -0.3 is 0 Å². The van der Waals surface area contributed by atoms with Crippen LogP contribution in [0.2, 0.25) is 0 Å². The number of allylic oxidation sites excluding steroid dienone is 1. The van der Waals surface area contributed by atoms with Crippen LogP contribution in [0, 0.1) is 0 Å². The molecule has 3 nitrogen and oxygen atoms in total. The van der Waals surface area contributed by atoms with Crippen LogP contribution in [0.3, 0.4) is 0 Å². The summed E-state index contributed by atoms with van der Waals surface area (Å²) in [5, 5.41) is 4.39. The molecule has 0 bridgehead atoms. The number of halogens is 1. The first-order chi connectivity index (χ1) is 11.2. The molecule has 3 rings (SSSR count). The van der Waals surface area contributed by atoms with E-state index in [4.69, 9.17) is 11.6 Å². The number of rotatable bonds is 4. The lowest BCUT2D eigenvalue weighted by molar-refractivity contribution is 0.0959. The third-order valence-corrected chi connectivity index (χ3v) is 5.12. The van der Waals surface area contributed by atoms with E-state index in [1.165, 1.54) is 29.5 Å². The van der Waals surface area contributed by atoms with E-state index in [9.17, 15) is 4.79 Å². The second-order valence-corrected chi connectivity index (χ2v) is 6.98. The van der Waals surface area contributed by atoms with Crippen LogP contribution in [0.25, 0.3) is 6.08 Å². The largest absolute Gasteiger partial charge is 0.281 e. The van der Waals surface area contributed by atoms with Gasteiger partial charge in [-0.1, -0.05) is 41.9 Å². The fraction of sp³-hybridized carbons (Fsp3) is 0.222. The Hall–Kier alpha value is -1.91. The molecule has 23 heavy (non-hydrogen) atoms. The Morgan fingerprint density at radius 2 is 2.00 bits per heavy atom. The van der Waals surface area contributed by atoms with Crippen LogP contribution in [-0.4, -0.2) is 12.1 Å². The molecule has 0 atom stereocenters. The first-order valence-corrected chi connectivity index (χ1v) is 8.79. The molecule has 1 heterocycles. The maximum absolute atomic E-state index is 12.1. The molecule has 0 fully saturated rings. The fourth-order valence-electron chi connectivity index (χ4n) is 2.56. The average Bonchev–Trinajstić information content (AvgIpc) is 3.00. The summed E-state index contributed by atoms with van der Waals surface area (Å²) in [5.74, 6) is -0.176. The smallest absolute Gasteiger partial charge is 0.266 e. The quantitative estimate of drug-likeness (QED) is 0.638. The van der Waals surface area contributed by atoms with Crippen LogP contribution in [0.4, 0.5) is 0 Å². The van der Waals surface area contributed by atoms with Gasteiger partial charge in [0.1, 0.15) is 0 Å². The number of hydrogen-bond acceptors (Lipinski definition) is 3. The summed E-state index contributed by atoms with van der Waals surface area (Å²) in [6.45, 7) is 0. The van der Waals surface area contributed by atoms with Gasteiger partial charge in [0.25, 0.3) is 5.91 Å². The van der Waals surface area contributed by atoms with E-state index < -0.39 is 0 Å². The lowest BCUT2D eigenvalue weighted by Crippen LogP contribution is -2.16. The van der Waals surface area contributed by atoms with Crippen molar-refractivity contribution in [2.24, 2.45) is 5.10 Å². The predicted molar refractivity (Wildman–Crippen MR) is 97.2 cm³/mol. The molecule has 1 N–H and O–H groups in total. The summed E-state index contributed by atoms with van der Waals surface area (Å²) < 4.78 is 0. The lowest BCUT2D eigenvalue weighted by atomic mass is 9.99. The van der Waals surface area contributed by atoms with Crippen molar-refractivity contribution in [3.8, 4) is 0 Å². The van der Waals surface area contributed by atoms with Crippen LogP contribution in [0.1, 0.15) is 38.5 Å². The average molecular weight is 345 g/mol. The third-order valence-electron chi connectivity index (χ3n) is 3.68. The highest BCUT2D eigenvalue weighted by Gasteiger charge is 2.16. The van der Waals surface area contributed by atoms with E-state index in [1.54, 1.807) is 17.4 Å². The number of nitrogens with zero attached hydrogens (tertiary/aromatic N) is 1. The number of hydrogen-bond donors (Lipinski definition) is 1. The highest BCUT2D eigenvalue weighted by atomic mass is 35.5. The number of aryl methyl sites for hydroxylation is 2. The van der Waals surface area contributed by atoms with Crippen LogP contribution >= 0.6 is 22.9 Å². The number of fused-ring (bicyclic) bond motifs is 1. The van der Waals surface area contributed by atoms with Gasteiger partial charge in [-0.2, -0.15) is 5.10 Å². The van der Waals surface area contributed by atoms with Gasteiger partial charge in [0.05, 0.1) is 16.1 Å². The number of amides is 1. The Kier molecular flexibility index (Phi) is 5.26. The zero-order chi connectivity index (χ0) is 16.1. The van der Waals surface area contributed by atoms with Crippen molar-refractivity contribution >= 4 is 41.1 Å². The molecule has 2 aromatic rings. The standard InChI is InChI=1S/C18H17ClN2OS/c19-15(10-13-6-2-1-3-7-13)12-20-21-18(22)17-11-14-8-4-5-9-16(14)23-17/h1-3,6-7,10-12H,4-5,8-9H2,(H,21,22)/b15-10-,20-12+. The van der Waals surface area contributed by atoms with E-state index in [0.717, 1.165) is 23.3 Å². The molecule has 0 saturated heterocycles. The van der Waals surface area contributed by atoms with Crippen molar-refractivity contribution in [3.05, 3.63) is 62.3 Å². The third kappa shape index (κ3) is 4.30. The molecular weight excluding hydrogens is 328 g/mol. The summed E-state index contributed by atoms with van der Waals surface area (Å²) >= 11 is 7.66. The van der Waals surface area contributed by atoms with Crippen molar-refractivity contribution in [2.45, 2.75) is 25.7 Å². The molecule has 0 aliphatic heterocycles. The van der Waals surface area contributed by atoms with Gasteiger partial charge in [-0.25, -0.2) is 5.43 Å². The topological polar surface area (TPSA) is 41.5 Å². The molecule has 1 aliphatic carbocycles. The highest BCUT2D eigenvalue weighted by molar-refractivity contribution is 7.14. The molecule has 0 saturated carbocycles. The molecule has 0 unspecified atom stereocenters. The number of benzene rings is 1. The summed E-state index contributed by atoms with van der Waals surface area (Å²) in [6, 6.07) is 11.7. The second kappa shape index (κ2) is 7.57. The van der Waals surface area contributed by atoms with Gasteiger partial charge in [-0.3, -0.25) is 4.79 Å². The maximum Gasteiger partial charge on any atom is 0.281 e. The van der Waals surface area contributed by atoms with Crippen molar-refractivity contribution < 1.29 is 4.79 Å². The van der Waals surface area contributed by atoms with Crippen LogP contribution in [0.5, 0.6) is 0 Å².